The highest BCUT2D eigenvalue weighted by atomic mass is 28.4. The summed E-state index contributed by atoms with van der Waals surface area (Å²) in [5, 5.41) is 0.265. The summed E-state index contributed by atoms with van der Waals surface area (Å²) in [5.74, 6) is 5.95. The smallest absolute Gasteiger partial charge is 0.192 e. The molecule has 98 valence electrons. The van der Waals surface area contributed by atoms with Crippen molar-refractivity contribution in [2.75, 3.05) is 0 Å². The molecule has 0 saturated carbocycles. The van der Waals surface area contributed by atoms with Gasteiger partial charge in [0, 0.05) is 5.56 Å². The number of benzene rings is 1. The fourth-order valence-corrected chi connectivity index (χ4v) is 2.27. The van der Waals surface area contributed by atoms with Gasteiger partial charge >= 0.3 is 0 Å². The van der Waals surface area contributed by atoms with E-state index in [-0.39, 0.29) is 5.04 Å². The Morgan fingerprint density at radius 2 is 1.67 bits per heavy atom. The van der Waals surface area contributed by atoms with Crippen LogP contribution in [-0.2, 0) is 11.0 Å². The average Bonchev–Trinajstić information content (AvgIpc) is 2.27. The molecular formula is C16H24OSi. The molecule has 1 rings (SSSR count). The van der Waals surface area contributed by atoms with Gasteiger partial charge in [-0.1, -0.05) is 38.8 Å². The minimum absolute atomic E-state index is 0.265. The van der Waals surface area contributed by atoms with Gasteiger partial charge in [-0.2, -0.15) is 0 Å². The lowest BCUT2D eigenvalue weighted by atomic mass is 10.1. The maximum atomic E-state index is 6.18. The van der Waals surface area contributed by atoms with Crippen molar-refractivity contribution in [1.82, 2.24) is 0 Å². The molecule has 0 heterocycles. The summed E-state index contributed by atoms with van der Waals surface area (Å²) in [4.78, 5) is 0. The number of rotatable bonds is 3. The molecule has 0 aromatic heterocycles. The average molecular weight is 260 g/mol. The number of hydrogen-bond donors (Lipinski definition) is 0. The first-order valence-electron chi connectivity index (χ1n) is 6.42. The fourth-order valence-electron chi connectivity index (χ4n) is 1.31. The van der Waals surface area contributed by atoms with Crippen LogP contribution in [0.1, 0.15) is 38.8 Å². The van der Waals surface area contributed by atoms with Gasteiger partial charge in [-0.3, -0.25) is 0 Å². The predicted molar refractivity (Wildman–Crippen MR) is 81.0 cm³/mol. The summed E-state index contributed by atoms with van der Waals surface area (Å²) in [7, 11) is -1.64. The molecular weight excluding hydrogens is 236 g/mol. The zero-order valence-corrected chi connectivity index (χ0v) is 13.4. The highest BCUT2D eigenvalue weighted by Gasteiger charge is 2.36. The Morgan fingerprint density at radius 3 is 2.11 bits per heavy atom. The van der Waals surface area contributed by atoms with Crippen molar-refractivity contribution in [2.45, 2.75) is 52.4 Å². The molecule has 0 N–H and O–H groups in total. The Bertz CT molecular complexity index is 441. The first-order chi connectivity index (χ1) is 8.26. The second-order valence-corrected chi connectivity index (χ2v) is 10.9. The lowest BCUT2D eigenvalue weighted by Gasteiger charge is -2.36. The monoisotopic (exact) mass is 260 g/mol. The molecule has 1 aromatic rings. The van der Waals surface area contributed by atoms with Gasteiger partial charge in [-0.05, 0) is 42.8 Å². The molecule has 0 spiro atoms. The summed E-state index contributed by atoms with van der Waals surface area (Å²) < 4.78 is 6.18. The van der Waals surface area contributed by atoms with Crippen LogP contribution in [0.15, 0.2) is 24.3 Å². The Balaban J connectivity index is 2.66. The van der Waals surface area contributed by atoms with Crippen LogP contribution in [0.25, 0.3) is 0 Å². The second kappa shape index (κ2) is 5.73. The van der Waals surface area contributed by atoms with E-state index in [4.69, 9.17) is 4.43 Å². The van der Waals surface area contributed by atoms with Crippen LogP contribution < -0.4 is 0 Å². The van der Waals surface area contributed by atoms with Crippen LogP contribution in [0.3, 0.4) is 0 Å². The van der Waals surface area contributed by atoms with Crippen molar-refractivity contribution in [3.05, 3.63) is 35.4 Å². The van der Waals surface area contributed by atoms with E-state index in [0.29, 0.717) is 6.61 Å². The third kappa shape index (κ3) is 4.01. The molecule has 0 fully saturated rings. The van der Waals surface area contributed by atoms with Crippen LogP contribution >= 0.6 is 0 Å². The molecule has 0 amide bonds. The molecule has 1 aromatic carbocycles. The van der Waals surface area contributed by atoms with Gasteiger partial charge in [0.1, 0.15) is 0 Å². The first kappa shape index (κ1) is 15.0. The zero-order chi connectivity index (χ0) is 13.8. The van der Waals surface area contributed by atoms with Crippen molar-refractivity contribution in [3.63, 3.8) is 0 Å². The third-order valence-electron chi connectivity index (χ3n) is 3.63. The Morgan fingerprint density at radius 1 is 1.11 bits per heavy atom. The summed E-state index contributed by atoms with van der Waals surface area (Å²) >= 11 is 0. The maximum absolute atomic E-state index is 6.18. The minimum atomic E-state index is -1.64. The van der Waals surface area contributed by atoms with Crippen LogP contribution in [0.2, 0.25) is 18.1 Å². The zero-order valence-electron chi connectivity index (χ0n) is 12.4. The van der Waals surface area contributed by atoms with Crippen molar-refractivity contribution in [2.24, 2.45) is 0 Å². The minimum Gasteiger partial charge on any atom is -0.413 e. The molecule has 18 heavy (non-hydrogen) atoms. The molecule has 0 atom stereocenters. The Kier molecular flexibility index (Phi) is 4.78. The Labute approximate surface area is 113 Å². The van der Waals surface area contributed by atoms with E-state index in [0.717, 1.165) is 5.56 Å². The van der Waals surface area contributed by atoms with Gasteiger partial charge in [-0.25, -0.2) is 0 Å². The van der Waals surface area contributed by atoms with Crippen LogP contribution in [-0.4, -0.2) is 8.32 Å². The molecule has 1 nitrogen and oxygen atoms in total. The van der Waals surface area contributed by atoms with Gasteiger partial charge in [0.2, 0.25) is 0 Å². The van der Waals surface area contributed by atoms with E-state index in [1.165, 1.54) is 5.56 Å². The van der Waals surface area contributed by atoms with Crippen LogP contribution in [0.5, 0.6) is 0 Å². The highest BCUT2D eigenvalue weighted by Crippen LogP contribution is 2.37. The standard InChI is InChI=1S/C16H24OSi/c1-7-8-14-9-11-15(12-10-14)13-17-18(5,6)16(2,3)4/h9-12H,13H2,1-6H3. The van der Waals surface area contributed by atoms with Gasteiger partial charge in [0.25, 0.3) is 0 Å². The largest absolute Gasteiger partial charge is 0.413 e. The number of hydrogen-bond acceptors (Lipinski definition) is 1. The SMILES string of the molecule is CC#Cc1ccc(CO[Si](C)(C)C(C)(C)C)cc1. The molecule has 0 aliphatic carbocycles. The van der Waals surface area contributed by atoms with Crippen molar-refractivity contribution >= 4 is 8.32 Å². The van der Waals surface area contributed by atoms with Crippen molar-refractivity contribution in [3.8, 4) is 11.8 Å². The van der Waals surface area contributed by atoms with E-state index < -0.39 is 8.32 Å². The third-order valence-corrected chi connectivity index (χ3v) is 8.11. The molecule has 0 bridgehead atoms. The summed E-state index contributed by atoms with van der Waals surface area (Å²) in [5.41, 5.74) is 2.29. The molecule has 0 aliphatic heterocycles. The Hall–Kier alpha value is -1.04. The van der Waals surface area contributed by atoms with Gasteiger partial charge in [0.15, 0.2) is 8.32 Å². The fraction of sp³-hybridized carbons (Fsp3) is 0.500. The molecule has 0 saturated heterocycles. The summed E-state index contributed by atoms with van der Waals surface area (Å²) in [6.45, 7) is 13.9. The topological polar surface area (TPSA) is 9.23 Å². The second-order valence-electron chi connectivity index (χ2n) is 6.12. The summed E-state index contributed by atoms with van der Waals surface area (Å²) in [6.07, 6.45) is 0. The van der Waals surface area contributed by atoms with E-state index in [1.807, 2.05) is 6.92 Å². The van der Waals surface area contributed by atoms with Crippen LogP contribution in [0, 0.1) is 11.8 Å². The summed E-state index contributed by atoms with van der Waals surface area (Å²) in [6, 6.07) is 8.32. The lowest BCUT2D eigenvalue weighted by molar-refractivity contribution is 0.276. The van der Waals surface area contributed by atoms with Crippen LogP contribution in [0.4, 0.5) is 0 Å². The molecule has 0 unspecified atom stereocenters. The molecule has 0 aliphatic rings. The van der Waals surface area contributed by atoms with E-state index in [1.54, 1.807) is 0 Å². The van der Waals surface area contributed by atoms with E-state index in [2.05, 4.69) is 70.0 Å². The quantitative estimate of drug-likeness (QED) is 0.571. The van der Waals surface area contributed by atoms with E-state index >= 15 is 0 Å². The van der Waals surface area contributed by atoms with Crippen molar-refractivity contribution < 1.29 is 4.43 Å². The van der Waals surface area contributed by atoms with Gasteiger partial charge < -0.3 is 4.43 Å². The first-order valence-corrected chi connectivity index (χ1v) is 9.33. The van der Waals surface area contributed by atoms with Crippen molar-refractivity contribution in [1.29, 1.82) is 0 Å². The highest BCUT2D eigenvalue weighted by molar-refractivity contribution is 6.74. The van der Waals surface area contributed by atoms with E-state index in [9.17, 15) is 0 Å². The normalized spacial score (nSPS) is 11.9. The lowest BCUT2D eigenvalue weighted by Crippen LogP contribution is -2.40. The maximum Gasteiger partial charge on any atom is 0.192 e. The molecule has 0 radical (unpaired) electrons. The van der Waals surface area contributed by atoms with Gasteiger partial charge in [-0.15, -0.1) is 5.92 Å². The molecule has 2 heteroatoms. The van der Waals surface area contributed by atoms with Gasteiger partial charge in [0.05, 0.1) is 6.61 Å². The predicted octanol–water partition coefficient (Wildman–Crippen LogP) is 4.58.